The molecule has 1 aromatic heterocycles. The van der Waals surface area contributed by atoms with Crippen LogP contribution in [0.4, 0.5) is 0 Å². The average Bonchev–Trinajstić information content (AvgIpc) is 2.87. The fraction of sp³-hybridized carbons (Fsp3) is 0.176. The first-order chi connectivity index (χ1) is 10.1. The lowest BCUT2D eigenvalue weighted by Gasteiger charge is -2.13. The molecule has 3 rings (SSSR count). The van der Waals surface area contributed by atoms with Crippen LogP contribution in [0.5, 0.6) is 0 Å². The third-order valence-electron chi connectivity index (χ3n) is 3.65. The van der Waals surface area contributed by atoms with Crippen molar-refractivity contribution in [3.8, 4) is 0 Å². The van der Waals surface area contributed by atoms with Gasteiger partial charge in [0.25, 0.3) is 0 Å². The van der Waals surface area contributed by atoms with Gasteiger partial charge >= 0.3 is 0 Å². The minimum absolute atomic E-state index is 0.255. The van der Waals surface area contributed by atoms with Gasteiger partial charge in [-0.2, -0.15) is 0 Å². The number of para-hydroxylation sites is 1. The van der Waals surface area contributed by atoms with Gasteiger partial charge in [0.05, 0.1) is 11.1 Å². The van der Waals surface area contributed by atoms with Crippen LogP contribution >= 0.6 is 27.5 Å². The van der Waals surface area contributed by atoms with Crippen molar-refractivity contribution >= 4 is 38.5 Å². The van der Waals surface area contributed by atoms with Crippen molar-refractivity contribution in [2.45, 2.75) is 19.4 Å². The van der Waals surface area contributed by atoms with Crippen LogP contribution < -0.4 is 5.73 Å². The zero-order chi connectivity index (χ0) is 15.0. The van der Waals surface area contributed by atoms with E-state index in [0.29, 0.717) is 5.02 Å². The minimum atomic E-state index is -0.255. The van der Waals surface area contributed by atoms with E-state index in [9.17, 15) is 0 Å². The zero-order valence-corrected chi connectivity index (χ0v) is 13.9. The van der Waals surface area contributed by atoms with E-state index in [0.717, 1.165) is 38.7 Å². The maximum absolute atomic E-state index is 6.49. The van der Waals surface area contributed by atoms with E-state index in [1.165, 1.54) is 0 Å². The van der Waals surface area contributed by atoms with Crippen LogP contribution in [-0.4, -0.2) is 0 Å². The molecule has 4 heteroatoms. The summed E-state index contributed by atoms with van der Waals surface area (Å²) in [6, 6.07) is 13.5. The predicted molar refractivity (Wildman–Crippen MR) is 90.8 cm³/mol. The van der Waals surface area contributed by atoms with Crippen LogP contribution in [0, 0.1) is 0 Å². The molecule has 1 heterocycles. The van der Waals surface area contributed by atoms with Gasteiger partial charge in [-0.1, -0.05) is 42.8 Å². The van der Waals surface area contributed by atoms with Crippen molar-refractivity contribution in [2.24, 2.45) is 5.73 Å². The monoisotopic (exact) mass is 363 g/mol. The van der Waals surface area contributed by atoms with Crippen LogP contribution in [0.2, 0.25) is 5.02 Å². The van der Waals surface area contributed by atoms with Crippen molar-refractivity contribution in [1.29, 1.82) is 0 Å². The van der Waals surface area contributed by atoms with Crippen LogP contribution in [-0.2, 0) is 6.42 Å². The van der Waals surface area contributed by atoms with E-state index in [1.54, 1.807) is 0 Å². The first kappa shape index (κ1) is 14.6. The Balaban J connectivity index is 2.16. The molecule has 0 aliphatic heterocycles. The number of fused-ring (bicyclic) bond motifs is 1. The SMILES string of the molecule is CCc1oc2ccccc2c1C(N)c1ccc(Br)c(Cl)c1. The van der Waals surface area contributed by atoms with E-state index < -0.39 is 0 Å². The smallest absolute Gasteiger partial charge is 0.134 e. The van der Waals surface area contributed by atoms with Gasteiger partial charge in [0, 0.05) is 21.8 Å². The first-order valence-electron chi connectivity index (χ1n) is 6.82. The molecule has 2 nitrogen and oxygen atoms in total. The summed E-state index contributed by atoms with van der Waals surface area (Å²) in [6.45, 7) is 2.07. The Morgan fingerprint density at radius 2 is 2.00 bits per heavy atom. The molecule has 0 radical (unpaired) electrons. The van der Waals surface area contributed by atoms with Crippen LogP contribution in [0.1, 0.15) is 29.9 Å². The van der Waals surface area contributed by atoms with Gasteiger partial charge in [0.15, 0.2) is 0 Å². The maximum Gasteiger partial charge on any atom is 0.134 e. The molecule has 0 amide bonds. The van der Waals surface area contributed by atoms with Crippen LogP contribution in [0.3, 0.4) is 0 Å². The summed E-state index contributed by atoms with van der Waals surface area (Å²) in [7, 11) is 0. The van der Waals surface area contributed by atoms with Crippen molar-refractivity contribution in [2.75, 3.05) is 0 Å². The molecule has 2 aromatic carbocycles. The third kappa shape index (κ3) is 2.61. The van der Waals surface area contributed by atoms with Gasteiger partial charge in [0.2, 0.25) is 0 Å². The van der Waals surface area contributed by atoms with E-state index in [-0.39, 0.29) is 6.04 Å². The van der Waals surface area contributed by atoms with E-state index in [2.05, 4.69) is 22.9 Å². The predicted octanol–water partition coefficient (Wildman–Crippen LogP) is 5.46. The highest BCUT2D eigenvalue weighted by atomic mass is 79.9. The Morgan fingerprint density at radius 3 is 2.71 bits per heavy atom. The van der Waals surface area contributed by atoms with Gasteiger partial charge in [-0.25, -0.2) is 0 Å². The number of halogens is 2. The van der Waals surface area contributed by atoms with E-state index >= 15 is 0 Å². The summed E-state index contributed by atoms with van der Waals surface area (Å²) < 4.78 is 6.79. The normalized spacial score (nSPS) is 12.8. The largest absolute Gasteiger partial charge is 0.461 e. The molecule has 0 aliphatic rings. The van der Waals surface area contributed by atoms with E-state index in [4.69, 9.17) is 21.8 Å². The molecule has 108 valence electrons. The molecule has 0 saturated carbocycles. The number of hydrogen-bond acceptors (Lipinski definition) is 2. The van der Waals surface area contributed by atoms with Gasteiger partial charge < -0.3 is 10.2 Å². The van der Waals surface area contributed by atoms with Crippen molar-refractivity contribution in [3.05, 3.63) is 68.8 Å². The van der Waals surface area contributed by atoms with Gasteiger partial charge in [-0.05, 0) is 39.7 Å². The zero-order valence-electron chi connectivity index (χ0n) is 11.6. The summed E-state index contributed by atoms with van der Waals surface area (Å²) in [5.41, 5.74) is 9.39. The van der Waals surface area contributed by atoms with E-state index in [1.807, 2.05) is 42.5 Å². The second kappa shape index (κ2) is 5.84. The van der Waals surface area contributed by atoms with Gasteiger partial charge in [-0.3, -0.25) is 0 Å². The Morgan fingerprint density at radius 1 is 1.24 bits per heavy atom. The summed E-state index contributed by atoms with van der Waals surface area (Å²) >= 11 is 9.59. The molecule has 1 unspecified atom stereocenters. The molecule has 3 aromatic rings. The maximum atomic E-state index is 6.49. The molecule has 0 fully saturated rings. The summed E-state index contributed by atoms with van der Waals surface area (Å²) in [5, 5.41) is 1.73. The quantitative estimate of drug-likeness (QED) is 0.670. The molecule has 21 heavy (non-hydrogen) atoms. The fourth-order valence-electron chi connectivity index (χ4n) is 2.59. The molecule has 1 atom stereocenters. The standard InChI is InChI=1S/C17H15BrClNO/c1-2-14-16(11-5-3-4-6-15(11)21-14)17(20)10-7-8-12(18)13(19)9-10/h3-9,17H,2,20H2,1H3. The number of aryl methyl sites for hydroxylation is 1. The van der Waals surface area contributed by atoms with Crippen molar-refractivity contribution < 1.29 is 4.42 Å². The Bertz CT molecular complexity index is 797. The third-order valence-corrected chi connectivity index (χ3v) is 4.88. The minimum Gasteiger partial charge on any atom is -0.461 e. The Labute approximate surface area is 137 Å². The lowest BCUT2D eigenvalue weighted by atomic mass is 9.96. The summed E-state index contributed by atoms with van der Waals surface area (Å²) in [6.07, 6.45) is 0.808. The molecule has 0 aliphatic carbocycles. The highest BCUT2D eigenvalue weighted by Crippen LogP contribution is 2.35. The Kier molecular flexibility index (Phi) is 4.07. The molecule has 0 spiro atoms. The van der Waals surface area contributed by atoms with Crippen LogP contribution in [0.25, 0.3) is 11.0 Å². The number of rotatable bonds is 3. The van der Waals surface area contributed by atoms with Crippen molar-refractivity contribution in [1.82, 2.24) is 0 Å². The molecular formula is C17H15BrClNO. The molecular weight excluding hydrogens is 350 g/mol. The fourth-order valence-corrected chi connectivity index (χ4v) is 3.03. The number of furan rings is 1. The number of nitrogens with two attached hydrogens (primary N) is 1. The molecule has 0 bridgehead atoms. The second-order valence-corrected chi connectivity index (χ2v) is 6.20. The lowest BCUT2D eigenvalue weighted by Crippen LogP contribution is -2.13. The average molecular weight is 365 g/mol. The molecule has 2 N–H and O–H groups in total. The number of benzene rings is 2. The van der Waals surface area contributed by atoms with Crippen molar-refractivity contribution in [3.63, 3.8) is 0 Å². The summed E-state index contributed by atoms with van der Waals surface area (Å²) in [5.74, 6) is 0.933. The Hall–Kier alpha value is -1.29. The summed E-state index contributed by atoms with van der Waals surface area (Å²) in [4.78, 5) is 0. The topological polar surface area (TPSA) is 39.2 Å². The lowest BCUT2D eigenvalue weighted by molar-refractivity contribution is 0.546. The van der Waals surface area contributed by atoms with Gasteiger partial charge in [-0.15, -0.1) is 0 Å². The number of hydrogen-bond donors (Lipinski definition) is 1. The first-order valence-corrected chi connectivity index (χ1v) is 7.99. The highest BCUT2D eigenvalue weighted by molar-refractivity contribution is 9.10. The van der Waals surface area contributed by atoms with Gasteiger partial charge in [0.1, 0.15) is 11.3 Å². The second-order valence-electron chi connectivity index (χ2n) is 4.94. The highest BCUT2D eigenvalue weighted by Gasteiger charge is 2.20. The van der Waals surface area contributed by atoms with Crippen LogP contribution in [0.15, 0.2) is 51.4 Å². The molecule has 0 saturated heterocycles.